The number of rotatable bonds is 4. The number of nitrogens with one attached hydrogen (secondary N) is 1. The topological polar surface area (TPSA) is 73.2 Å². The smallest absolute Gasteiger partial charge is 0.313 e. The van der Waals surface area contributed by atoms with Crippen LogP contribution in [0.2, 0.25) is 5.02 Å². The van der Waals surface area contributed by atoms with Crippen LogP contribution in [0.4, 0.5) is 5.69 Å². The monoisotopic (exact) mass is 305 g/mol. The fraction of sp³-hybridized carbons (Fsp3) is 0.267. The highest BCUT2D eigenvalue weighted by molar-refractivity contribution is 6.41. The number of hydrogen-bond donors (Lipinski definition) is 1. The van der Waals surface area contributed by atoms with Crippen molar-refractivity contribution < 1.29 is 9.59 Å². The normalized spacial score (nSPS) is 9.62. The van der Waals surface area contributed by atoms with E-state index in [0.717, 1.165) is 5.57 Å². The van der Waals surface area contributed by atoms with Crippen molar-refractivity contribution in [2.45, 2.75) is 13.8 Å². The Balaban J connectivity index is 2.88. The van der Waals surface area contributed by atoms with Gasteiger partial charge >= 0.3 is 11.8 Å². The Hall–Kier alpha value is -2.32. The molecule has 0 aliphatic heterocycles. The van der Waals surface area contributed by atoms with Crippen LogP contribution in [0.25, 0.3) is 0 Å². The number of benzene rings is 1. The average molecular weight is 306 g/mol. The summed E-state index contributed by atoms with van der Waals surface area (Å²) in [5.74, 6) is -1.46. The zero-order valence-corrected chi connectivity index (χ0v) is 12.7. The summed E-state index contributed by atoms with van der Waals surface area (Å²) >= 11 is 5.94. The van der Waals surface area contributed by atoms with Gasteiger partial charge in [-0.2, -0.15) is 5.26 Å². The van der Waals surface area contributed by atoms with Gasteiger partial charge in [0.25, 0.3) is 0 Å². The van der Waals surface area contributed by atoms with Crippen LogP contribution >= 0.6 is 11.6 Å². The Labute approximate surface area is 128 Å². The molecule has 0 fully saturated rings. The zero-order valence-electron chi connectivity index (χ0n) is 11.9. The predicted octanol–water partition coefficient (Wildman–Crippen LogP) is 2.57. The summed E-state index contributed by atoms with van der Waals surface area (Å²) in [6.45, 7) is 7.98. The number of carbonyl (C=O) groups is 2. The van der Waals surface area contributed by atoms with Gasteiger partial charge in [-0.25, -0.2) is 0 Å². The Bertz CT molecular complexity index is 620. The van der Waals surface area contributed by atoms with Crippen LogP contribution in [0.15, 0.2) is 30.4 Å². The summed E-state index contributed by atoms with van der Waals surface area (Å²) in [5, 5.41) is 11.5. The molecule has 0 heterocycles. The first-order valence-corrected chi connectivity index (χ1v) is 6.71. The molecule has 0 aromatic heterocycles. The van der Waals surface area contributed by atoms with Crippen molar-refractivity contribution >= 4 is 29.1 Å². The van der Waals surface area contributed by atoms with Gasteiger partial charge in [-0.15, -0.1) is 0 Å². The van der Waals surface area contributed by atoms with Gasteiger partial charge in [0.1, 0.15) is 0 Å². The van der Waals surface area contributed by atoms with Crippen LogP contribution in [0.1, 0.15) is 19.4 Å². The molecule has 0 bridgehead atoms. The second-order valence-corrected chi connectivity index (χ2v) is 4.94. The first kappa shape index (κ1) is 16.7. The lowest BCUT2D eigenvalue weighted by atomic mass is 10.2. The van der Waals surface area contributed by atoms with Crippen LogP contribution in [0, 0.1) is 11.3 Å². The Morgan fingerprint density at radius 1 is 1.48 bits per heavy atom. The van der Waals surface area contributed by atoms with Crippen molar-refractivity contribution in [1.29, 1.82) is 5.26 Å². The number of likely N-dealkylation sites (N-methyl/N-ethyl adjacent to an activating group) is 1. The van der Waals surface area contributed by atoms with Gasteiger partial charge in [0, 0.05) is 13.1 Å². The molecule has 1 aromatic rings. The number of nitriles is 1. The van der Waals surface area contributed by atoms with E-state index in [2.05, 4.69) is 11.9 Å². The first-order valence-electron chi connectivity index (χ1n) is 6.33. The predicted molar refractivity (Wildman–Crippen MR) is 81.9 cm³/mol. The van der Waals surface area contributed by atoms with Crippen LogP contribution in [-0.4, -0.2) is 29.8 Å². The fourth-order valence-electron chi connectivity index (χ4n) is 1.66. The van der Waals surface area contributed by atoms with Crippen molar-refractivity contribution in [3.05, 3.63) is 40.9 Å². The Morgan fingerprint density at radius 3 is 2.67 bits per heavy atom. The van der Waals surface area contributed by atoms with E-state index >= 15 is 0 Å². The van der Waals surface area contributed by atoms with Crippen molar-refractivity contribution in [2.75, 3.05) is 18.4 Å². The number of halogens is 1. The summed E-state index contributed by atoms with van der Waals surface area (Å²) in [4.78, 5) is 25.4. The van der Waals surface area contributed by atoms with Crippen LogP contribution in [0.3, 0.4) is 0 Å². The van der Waals surface area contributed by atoms with Gasteiger partial charge in [0.15, 0.2) is 0 Å². The molecule has 0 aliphatic rings. The first-order chi connectivity index (χ1) is 9.88. The minimum absolute atomic E-state index is 0.237. The number of carbonyl (C=O) groups excluding carboxylic acids is 2. The number of nitrogens with zero attached hydrogens (tertiary/aromatic N) is 2. The molecule has 0 radical (unpaired) electrons. The Morgan fingerprint density at radius 2 is 2.14 bits per heavy atom. The maximum absolute atomic E-state index is 12.0. The molecule has 21 heavy (non-hydrogen) atoms. The molecule has 0 aliphatic carbocycles. The van der Waals surface area contributed by atoms with E-state index in [9.17, 15) is 9.59 Å². The molecule has 1 aromatic carbocycles. The largest absolute Gasteiger partial charge is 0.331 e. The molecule has 1 rings (SSSR count). The van der Waals surface area contributed by atoms with Crippen LogP contribution in [0.5, 0.6) is 0 Å². The lowest BCUT2D eigenvalue weighted by Crippen LogP contribution is -2.40. The Kier molecular flexibility index (Phi) is 5.94. The summed E-state index contributed by atoms with van der Waals surface area (Å²) in [7, 11) is 0. The lowest BCUT2D eigenvalue weighted by Gasteiger charge is -2.20. The molecule has 1 N–H and O–H groups in total. The second kappa shape index (κ2) is 7.46. The van der Waals surface area contributed by atoms with E-state index in [0.29, 0.717) is 18.7 Å². The van der Waals surface area contributed by atoms with E-state index in [1.54, 1.807) is 13.8 Å². The molecule has 0 unspecified atom stereocenters. The third-order valence-corrected chi connectivity index (χ3v) is 3.00. The molecule has 110 valence electrons. The van der Waals surface area contributed by atoms with Gasteiger partial charge in [-0.1, -0.05) is 23.8 Å². The van der Waals surface area contributed by atoms with Crippen LogP contribution in [-0.2, 0) is 9.59 Å². The standard InChI is InChI=1S/C15H16ClN3O2/c1-4-19(9-10(2)3)15(21)14(20)18-13-7-11(8-17)5-6-12(13)16/h5-7H,2,4,9H2,1,3H3,(H,18,20). The summed E-state index contributed by atoms with van der Waals surface area (Å²) < 4.78 is 0. The lowest BCUT2D eigenvalue weighted by molar-refractivity contribution is -0.142. The van der Waals surface area contributed by atoms with Crippen molar-refractivity contribution in [3.8, 4) is 6.07 Å². The van der Waals surface area contributed by atoms with Gasteiger partial charge in [-0.05, 0) is 32.0 Å². The highest BCUT2D eigenvalue weighted by Gasteiger charge is 2.21. The summed E-state index contributed by atoms with van der Waals surface area (Å²) in [6, 6.07) is 6.38. The SMILES string of the molecule is C=C(C)CN(CC)C(=O)C(=O)Nc1cc(C#N)ccc1Cl. The molecule has 0 saturated carbocycles. The van der Waals surface area contributed by atoms with Gasteiger partial charge in [0.05, 0.1) is 22.3 Å². The summed E-state index contributed by atoms with van der Waals surface area (Å²) in [5.41, 5.74) is 1.36. The molecule has 0 saturated heterocycles. The quantitative estimate of drug-likeness (QED) is 0.686. The summed E-state index contributed by atoms with van der Waals surface area (Å²) in [6.07, 6.45) is 0. The number of amides is 2. The van der Waals surface area contributed by atoms with Gasteiger partial charge in [-0.3, -0.25) is 9.59 Å². The molecule has 2 amide bonds. The van der Waals surface area contributed by atoms with Crippen LogP contribution < -0.4 is 5.32 Å². The molecule has 0 atom stereocenters. The van der Waals surface area contributed by atoms with Crippen molar-refractivity contribution in [1.82, 2.24) is 4.90 Å². The van der Waals surface area contributed by atoms with Gasteiger partial charge < -0.3 is 10.2 Å². The number of hydrogen-bond acceptors (Lipinski definition) is 3. The number of anilines is 1. The minimum Gasteiger partial charge on any atom is -0.331 e. The third-order valence-electron chi connectivity index (χ3n) is 2.67. The third kappa shape index (κ3) is 4.62. The zero-order chi connectivity index (χ0) is 16.0. The van der Waals surface area contributed by atoms with E-state index in [1.807, 2.05) is 6.07 Å². The van der Waals surface area contributed by atoms with Crippen molar-refractivity contribution in [3.63, 3.8) is 0 Å². The molecule has 6 heteroatoms. The maximum atomic E-state index is 12.0. The minimum atomic E-state index is -0.796. The molecular formula is C15H16ClN3O2. The van der Waals surface area contributed by atoms with E-state index in [1.165, 1.54) is 23.1 Å². The fourth-order valence-corrected chi connectivity index (χ4v) is 1.83. The highest BCUT2D eigenvalue weighted by Crippen LogP contribution is 2.22. The van der Waals surface area contributed by atoms with Gasteiger partial charge in [0.2, 0.25) is 0 Å². The average Bonchev–Trinajstić information content (AvgIpc) is 2.45. The maximum Gasteiger partial charge on any atom is 0.313 e. The second-order valence-electron chi connectivity index (χ2n) is 4.54. The molecule has 5 nitrogen and oxygen atoms in total. The van der Waals surface area contributed by atoms with E-state index in [4.69, 9.17) is 16.9 Å². The highest BCUT2D eigenvalue weighted by atomic mass is 35.5. The van der Waals surface area contributed by atoms with E-state index in [-0.39, 0.29) is 10.7 Å². The molecular weight excluding hydrogens is 290 g/mol. The van der Waals surface area contributed by atoms with E-state index < -0.39 is 11.8 Å². The molecule has 0 spiro atoms. The van der Waals surface area contributed by atoms with Crippen molar-refractivity contribution in [2.24, 2.45) is 0 Å².